The first-order valence-electron chi connectivity index (χ1n) is 8.99. The van der Waals surface area contributed by atoms with E-state index in [0.717, 1.165) is 12.2 Å². The first kappa shape index (κ1) is 19.8. The summed E-state index contributed by atoms with van der Waals surface area (Å²) >= 11 is 0. The van der Waals surface area contributed by atoms with E-state index in [1.54, 1.807) is 0 Å². The minimum absolute atomic E-state index is 0.251. The molecule has 0 aliphatic carbocycles. The summed E-state index contributed by atoms with van der Waals surface area (Å²) in [6.45, 7) is 10.5. The van der Waals surface area contributed by atoms with E-state index < -0.39 is 8.07 Å². The Bertz CT molecular complexity index is 457. The first-order chi connectivity index (χ1) is 11.0. The van der Waals surface area contributed by atoms with Crippen molar-refractivity contribution >= 4 is 19.7 Å². The van der Waals surface area contributed by atoms with Gasteiger partial charge in [0.15, 0.2) is 0 Å². The Kier molecular flexibility index (Phi) is 9.00. The van der Waals surface area contributed by atoms with Crippen LogP contribution in [0.15, 0.2) is 24.3 Å². The van der Waals surface area contributed by atoms with Crippen LogP contribution in [0.1, 0.15) is 49.9 Å². The number of anilines is 1. The molecule has 0 aromatic heterocycles. The molecule has 0 fully saturated rings. The molecule has 0 heterocycles. The summed E-state index contributed by atoms with van der Waals surface area (Å²) < 4.78 is 4.99. The second-order valence-corrected chi connectivity index (χ2v) is 12.3. The molecule has 0 aliphatic rings. The number of carbonyl (C=O) groups excluding carboxylic acids is 1. The molecule has 0 bridgehead atoms. The molecular formula is C19H33NO2Si. The van der Waals surface area contributed by atoms with Gasteiger partial charge in [-0.1, -0.05) is 51.4 Å². The molecule has 0 radical (unpaired) electrons. The molecule has 0 aliphatic heterocycles. The number of unbranched alkanes of at least 4 members (excludes halogenated alkanes) is 2. The highest BCUT2D eigenvalue weighted by Crippen LogP contribution is 2.21. The molecule has 23 heavy (non-hydrogen) atoms. The first-order valence-corrected chi connectivity index (χ1v) is 12.4. The quantitative estimate of drug-likeness (QED) is 0.327. The topological polar surface area (TPSA) is 38.3 Å². The summed E-state index contributed by atoms with van der Waals surface area (Å²) in [5.41, 5.74) is 1.69. The zero-order valence-electron chi connectivity index (χ0n) is 15.3. The van der Waals surface area contributed by atoms with Gasteiger partial charge >= 0.3 is 5.97 Å². The van der Waals surface area contributed by atoms with E-state index in [0.29, 0.717) is 12.2 Å². The highest BCUT2D eigenvalue weighted by Gasteiger charge is 2.18. The maximum Gasteiger partial charge on any atom is 0.338 e. The number of ether oxygens (including phenoxy) is 1. The van der Waals surface area contributed by atoms with Gasteiger partial charge in [0, 0.05) is 20.3 Å². The van der Waals surface area contributed by atoms with Crippen molar-refractivity contribution in [3.8, 4) is 0 Å². The Hall–Kier alpha value is -1.29. The molecule has 1 aromatic rings. The fourth-order valence-corrected chi connectivity index (χ4v) is 5.31. The lowest BCUT2D eigenvalue weighted by molar-refractivity contribution is 0.0526. The Morgan fingerprint density at radius 2 is 1.70 bits per heavy atom. The average molecular weight is 336 g/mol. The van der Waals surface area contributed by atoms with E-state index in [1.165, 1.54) is 37.8 Å². The van der Waals surface area contributed by atoms with Gasteiger partial charge in [-0.15, -0.1) is 0 Å². The van der Waals surface area contributed by atoms with Crippen LogP contribution in [0.5, 0.6) is 0 Å². The van der Waals surface area contributed by atoms with Crippen molar-refractivity contribution in [2.45, 2.75) is 64.7 Å². The summed E-state index contributed by atoms with van der Waals surface area (Å²) in [4.78, 5) is 11.6. The summed E-state index contributed by atoms with van der Waals surface area (Å²) in [5, 5.41) is 3.45. The SMILES string of the molecule is CCCCC[Si](C)(C)CCCNc1ccc(C(=O)OCC)cc1. The van der Waals surface area contributed by atoms with E-state index in [1.807, 2.05) is 31.2 Å². The second-order valence-electron chi connectivity index (χ2n) is 6.95. The zero-order chi connectivity index (χ0) is 17.1. The standard InChI is InChI=1S/C19H33NO2Si/c1-5-7-8-15-23(3,4)16-9-14-20-18-12-10-17(11-13-18)19(21)22-6-2/h10-13,20H,5-9,14-16H2,1-4H3. The van der Waals surface area contributed by atoms with Crippen molar-refractivity contribution in [2.24, 2.45) is 0 Å². The van der Waals surface area contributed by atoms with Crippen LogP contribution in [0.4, 0.5) is 5.69 Å². The third-order valence-electron chi connectivity index (χ3n) is 4.21. The minimum Gasteiger partial charge on any atom is -0.462 e. The number of nitrogens with one attached hydrogen (secondary N) is 1. The number of carbonyl (C=O) groups is 1. The Balaban J connectivity index is 2.29. The molecule has 1 aromatic carbocycles. The van der Waals surface area contributed by atoms with E-state index >= 15 is 0 Å². The third-order valence-corrected chi connectivity index (χ3v) is 7.63. The van der Waals surface area contributed by atoms with Crippen LogP contribution in [0.25, 0.3) is 0 Å². The van der Waals surface area contributed by atoms with Crippen LogP contribution < -0.4 is 5.32 Å². The fourth-order valence-electron chi connectivity index (χ4n) is 2.72. The molecule has 130 valence electrons. The number of hydrogen-bond donors (Lipinski definition) is 1. The Morgan fingerprint density at radius 3 is 2.30 bits per heavy atom. The molecule has 3 nitrogen and oxygen atoms in total. The van der Waals surface area contributed by atoms with Crippen molar-refractivity contribution < 1.29 is 9.53 Å². The maximum atomic E-state index is 11.6. The predicted molar refractivity (Wildman–Crippen MR) is 102 cm³/mol. The average Bonchev–Trinajstić information content (AvgIpc) is 2.52. The van der Waals surface area contributed by atoms with E-state index in [-0.39, 0.29) is 5.97 Å². The number of esters is 1. The van der Waals surface area contributed by atoms with Crippen LogP contribution in [0, 0.1) is 0 Å². The molecule has 4 heteroatoms. The van der Waals surface area contributed by atoms with Gasteiger partial charge in [0.25, 0.3) is 0 Å². The fraction of sp³-hybridized carbons (Fsp3) is 0.632. The summed E-state index contributed by atoms with van der Waals surface area (Å²) in [5.74, 6) is -0.251. The molecule has 0 saturated carbocycles. The van der Waals surface area contributed by atoms with Gasteiger partial charge in [0.05, 0.1) is 12.2 Å². The Morgan fingerprint density at radius 1 is 1.04 bits per heavy atom. The molecule has 0 unspecified atom stereocenters. The molecule has 1 rings (SSSR count). The van der Waals surface area contributed by atoms with Crippen molar-refractivity contribution in [1.82, 2.24) is 0 Å². The lowest BCUT2D eigenvalue weighted by Gasteiger charge is -2.22. The predicted octanol–water partition coefficient (Wildman–Crippen LogP) is 5.56. The third kappa shape index (κ3) is 8.21. The van der Waals surface area contributed by atoms with Gasteiger partial charge in [-0.25, -0.2) is 4.79 Å². The summed E-state index contributed by atoms with van der Waals surface area (Å²) in [6.07, 6.45) is 5.32. The van der Waals surface area contributed by atoms with Gasteiger partial charge in [-0.05, 0) is 37.6 Å². The van der Waals surface area contributed by atoms with Crippen LogP contribution in [-0.4, -0.2) is 27.2 Å². The Labute approximate surface area is 142 Å². The van der Waals surface area contributed by atoms with Gasteiger partial charge in [-0.2, -0.15) is 0 Å². The molecule has 0 spiro atoms. The molecule has 0 atom stereocenters. The van der Waals surface area contributed by atoms with Crippen LogP contribution >= 0.6 is 0 Å². The summed E-state index contributed by atoms with van der Waals surface area (Å²) in [6, 6.07) is 10.4. The highest BCUT2D eigenvalue weighted by atomic mass is 28.3. The van der Waals surface area contributed by atoms with E-state index in [9.17, 15) is 4.79 Å². The largest absolute Gasteiger partial charge is 0.462 e. The minimum atomic E-state index is -1.01. The van der Waals surface area contributed by atoms with E-state index in [2.05, 4.69) is 25.3 Å². The van der Waals surface area contributed by atoms with Gasteiger partial charge in [0.1, 0.15) is 0 Å². The normalized spacial score (nSPS) is 11.3. The van der Waals surface area contributed by atoms with Crippen molar-refractivity contribution in [3.05, 3.63) is 29.8 Å². The van der Waals surface area contributed by atoms with Crippen LogP contribution in [0.3, 0.4) is 0 Å². The van der Waals surface area contributed by atoms with Crippen LogP contribution in [0.2, 0.25) is 25.2 Å². The van der Waals surface area contributed by atoms with E-state index in [4.69, 9.17) is 4.74 Å². The van der Waals surface area contributed by atoms with Gasteiger partial charge in [0.2, 0.25) is 0 Å². The van der Waals surface area contributed by atoms with Crippen molar-refractivity contribution in [2.75, 3.05) is 18.5 Å². The van der Waals surface area contributed by atoms with Gasteiger partial charge < -0.3 is 10.1 Å². The highest BCUT2D eigenvalue weighted by molar-refractivity contribution is 6.77. The second kappa shape index (κ2) is 10.5. The molecule has 0 amide bonds. The van der Waals surface area contributed by atoms with Crippen LogP contribution in [-0.2, 0) is 4.74 Å². The molecule has 1 N–H and O–H groups in total. The molecular weight excluding hydrogens is 302 g/mol. The lowest BCUT2D eigenvalue weighted by Crippen LogP contribution is -2.25. The maximum absolute atomic E-state index is 11.6. The summed E-state index contributed by atoms with van der Waals surface area (Å²) in [7, 11) is -1.01. The van der Waals surface area contributed by atoms with Gasteiger partial charge in [-0.3, -0.25) is 0 Å². The van der Waals surface area contributed by atoms with Crippen molar-refractivity contribution in [3.63, 3.8) is 0 Å². The zero-order valence-corrected chi connectivity index (χ0v) is 16.3. The number of benzene rings is 1. The smallest absolute Gasteiger partial charge is 0.338 e. The monoisotopic (exact) mass is 335 g/mol. The number of hydrogen-bond acceptors (Lipinski definition) is 3. The number of rotatable bonds is 11. The lowest BCUT2D eigenvalue weighted by atomic mass is 10.2. The molecule has 0 saturated heterocycles. The van der Waals surface area contributed by atoms with Crippen molar-refractivity contribution in [1.29, 1.82) is 0 Å².